The zero-order valence-corrected chi connectivity index (χ0v) is 46.1. The van der Waals surface area contributed by atoms with Crippen LogP contribution in [0.3, 0.4) is 0 Å². The quantitative estimate of drug-likeness (QED) is 0.124. The standard InChI is InChI=1S/C26H41NO.C18H26F3NO.C17H24F3NO/c1-20(2)18-25(19-26(4,5)24-8-6-21(3)7-9-24)27-14-10-22(11-15-27)23-12-16-28-17-13-23;1-16(2,8-11-22-12-9-17(3,23)10-13-22)14-4-6-15(7-5-14)18(19,20)21;1-16(2,9-12-21-10-7-15(22)8-11-21)13-3-5-14(6-4-13)17(18,19)20/h6-9,18,22-23,25H,10-17,19H2,1-5H3;4-7,23H,8-13H2,1-3H3;3-6,15,22H,7-12H2,1-2H3. The van der Waals surface area contributed by atoms with Crippen LogP contribution in [0, 0.1) is 18.8 Å². The minimum absolute atomic E-state index is 0.166. The van der Waals surface area contributed by atoms with E-state index in [0.717, 1.165) is 138 Å². The molecule has 1 atom stereocenters. The number of hydrogen-bond acceptors (Lipinski definition) is 6. The Balaban J connectivity index is 0.000000205. The van der Waals surface area contributed by atoms with Crippen molar-refractivity contribution in [3.05, 3.63) is 118 Å². The van der Waals surface area contributed by atoms with Gasteiger partial charge in [-0.3, -0.25) is 4.90 Å². The van der Waals surface area contributed by atoms with Gasteiger partial charge in [-0.1, -0.05) is 107 Å². The number of likely N-dealkylation sites (tertiary alicyclic amines) is 3. The van der Waals surface area contributed by atoms with Gasteiger partial charge >= 0.3 is 12.4 Å². The minimum Gasteiger partial charge on any atom is -0.393 e. The van der Waals surface area contributed by atoms with Crippen LogP contribution in [0.25, 0.3) is 0 Å². The van der Waals surface area contributed by atoms with Crippen molar-refractivity contribution in [1.82, 2.24) is 14.7 Å². The Morgan fingerprint density at radius 1 is 0.589 bits per heavy atom. The Hall–Kier alpha value is -3.26. The van der Waals surface area contributed by atoms with Gasteiger partial charge in [0.15, 0.2) is 0 Å². The molecule has 4 aliphatic rings. The second kappa shape index (κ2) is 26.2. The van der Waals surface area contributed by atoms with Gasteiger partial charge in [0.2, 0.25) is 0 Å². The van der Waals surface area contributed by atoms with Gasteiger partial charge in [0, 0.05) is 45.4 Å². The van der Waals surface area contributed by atoms with Gasteiger partial charge < -0.3 is 24.7 Å². The molecule has 73 heavy (non-hydrogen) atoms. The molecule has 0 aromatic heterocycles. The molecule has 4 aliphatic heterocycles. The molecule has 2 N–H and O–H groups in total. The molecule has 410 valence electrons. The fourth-order valence-corrected chi connectivity index (χ4v) is 11.0. The van der Waals surface area contributed by atoms with Crippen molar-refractivity contribution in [2.45, 2.75) is 186 Å². The number of aliphatic hydroxyl groups is 2. The molecule has 3 aromatic rings. The Morgan fingerprint density at radius 3 is 1.40 bits per heavy atom. The highest BCUT2D eigenvalue weighted by molar-refractivity contribution is 5.31. The SMILES string of the molecule is CC(C)(CCN1CCC(O)CC1)c1ccc(C(F)(F)F)cc1.CC(C)=CC(CC(C)(C)c1ccc(C)cc1)N1CCC(C2CCOCC2)CC1.CC1(O)CCN(CCC(C)(C)c2ccc(C(F)(F)F)cc2)CC1. The lowest BCUT2D eigenvalue weighted by molar-refractivity contribution is -0.138. The van der Waals surface area contributed by atoms with E-state index in [-0.39, 0.29) is 22.3 Å². The monoisotopic (exact) mass is 1030 g/mol. The summed E-state index contributed by atoms with van der Waals surface area (Å²) in [5, 5.41) is 19.5. The smallest absolute Gasteiger partial charge is 0.393 e. The van der Waals surface area contributed by atoms with E-state index in [1.54, 1.807) is 24.3 Å². The molecule has 4 saturated heterocycles. The first-order valence-electron chi connectivity index (χ1n) is 27.3. The number of nitrogens with zero attached hydrogens (tertiary/aromatic N) is 3. The first-order valence-corrected chi connectivity index (χ1v) is 27.3. The Kier molecular flexibility index (Phi) is 21.7. The van der Waals surface area contributed by atoms with Crippen molar-refractivity contribution in [3.63, 3.8) is 0 Å². The molecule has 0 aliphatic carbocycles. The summed E-state index contributed by atoms with van der Waals surface area (Å²) in [6.07, 6.45) is 5.16. The molecule has 12 heteroatoms. The third-order valence-electron chi connectivity index (χ3n) is 16.6. The van der Waals surface area contributed by atoms with Crippen molar-refractivity contribution in [1.29, 1.82) is 0 Å². The third-order valence-corrected chi connectivity index (χ3v) is 16.6. The predicted octanol–water partition coefficient (Wildman–Crippen LogP) is 14.2. The van der Waals surface area contributed by atoms with Gasteiger partial charge in [0.05, 0.1) is 22.8 Å². The maximum absolute atomic E-state index is 12.6. The van der Waals surface area contributed by atoms with Crippen LogP contribution < -0.4 is 0 Å². The summed E-state index contributed by atoms with van der Waals surface area (Å²) in [6.45, 7) is 31.4. The average molecular weight is 1030 g/mol. The summed E-state index contributed by atoms with van der Waals surface area (Å²) < 4.78 is 81.3. The maximum Gasteiger partial charge on any atom is 0.416 e. The van der Waals surface area contributed by atoms with Crippen molar-refractivity contribution >= 4 is 0 Å². The van der Waals surface area contributed by atoms with Crippen LogP contribution >= 0.6 is 0 Å². The molecule has 7 rings (SSSR count). The lowest BCUT2D eigenvalue weighted by atomic mass is 9.76. The van der Waals surface area contributed by atoms with Gasteiger partial charge in [0.1, 0.15) is 0 Å². The topological polar surface area (TPSA) is 59.4 Å². The lowest BCUT2D eigenvalue weighted by Gasteiger charge is -2.42. The van der Waals surface area contributed by atoms with Crippen molar-refractivity contribution in [2.75, 3.05) is 65.6 Å². The van der Waals surface area contributed by atoms with E-state index in [2.05, 4.69) is 107 Å². The Labute approximate surface area is 436 Å². The first kappa shape index (κ1) is 60.6. The van der Waals surface area contributed by atoms with Gasteiger partial charge in [-0.05, 0) is 194 Å². The van der Waals surface area contributed by atoms with Crippen LogP contribution in [-0.4, -0.2) is 108 Å². The molecule has 0 radical (unpaired) electrons. The highest BCUT2D eigenvalue weighted by Crippen LogP contribution is 2.38. The largest absolute Gasteiger partial charge is 0.416 e. The Morgan fingerprint density at radius 2 is 0.973 bits per heavy atom. The van der Waals surface area contributed by atoms with E-state index in [4.69, 9.17) is 4.74 Å². The second-order valence-electron chi connectivity index (χ2n) is 24.4. The molecular formula is C61H91F6N3O3. The zero-order chi connectivity index (χ0) is 53.8. The van der Waals surface area contributed by atoms with Gasteiger partial charge in [-0.25, -0.2) is 0 Å². The number of rotatable bonds is 14. The van der Waals surface area contributed by atoms with E-state index in [9.17, 15) is 36.6 Å². The number of halogens is 6. The van der Waals surface area contributed by atoms with Crippen LogP contribution in [-0.2, 0) is 33.3 Å². The molecule has 4 fully saturated rings. The van der Waals surface area contributed by atoms with E-state index in [1.165, 1.54) is 61.9 Å². The number of aryl methyl sites for hydroxylation is 1. The van der Waals surface area contributed by atoms with Crippen LogP contribution in [0.1, 0.15) is 166 Å². The fraction of sp³-hybridized carbons (Fsp3) is 0.672. The fourth-order valence-electron chi connectivity index (χ4n) is 11.0. The first-order chi connectivity index (χ1) is 34.0. The van der Waals surface area contributed by atoms with Crippen molar-refractivity contribution in [2.24, 2.45) is 11.8 Å². The third kappa shape index (κ3) is 19.4. The molecule has 0 bridgehead atoms. The molecule has 1 unspecified atom stereocenters. The Bertz CT molecular complexity index is 2100. The minimum atomic E-state index is -4.28. The number of ether oxygens (including phenoxy) is 1. The number of benzene rings is 3. The predicted molar refractivity (Wildman–Crippen MR) is 286 cm³/mol. The van der Waals surface area contributed by atoms with Gasteiger partial charge in [-0.2, -0.15) is 26.3 Å². The van der Waals surface area contributed by atoms with E-state index < -0.39 is 29.1 Å². The van der Waals surface area contributed by atoms with Crippen LogP contribution in [0.5, 0.6) is 0 Å². The number of alkyl halides is 6. The number of piperidine rings is 3. The van der Waals surface area contributed by atoms with Crippen molar-refractivity contribution < 1.29 is 41.3 Å². The van der Waals surface area contributed by atoms with Crippen LogP contribution in [0.15, 0.2) is 84.4 Å². The lowest BCUT2D eigenvalue weighted by Crippen LogP contribution is -2.44. The number of aliphatic hydroxyl groups excluding tert-OH is 1. The molecule has 3 aromatic carbocycles. The van der Waals surface area contributed by atoms with Gasteiger partial charge in [0.25, 0.3) is 0 Å². The summed E-state index contributed by atoms with van der Waals surface area (Å²) in [7, 11) is 0. The molecular weight excluding hydrogens is 937 g/mol. The molecule has 6 nitrogen and oxygen atoms in total. The summed E-state index contributed by atoms with van der Waals surface area (Å²) in [4.78, 5) is 7.40. The summed E-state index contributed by atoms with van der Waals surface area (Å²) in [5.74, 6) is 1.82. The second-order valence-corrected chi connectivity index (χ2v) is 24.4. The van der Waals surface area contributed by atoms with Crippen molar-refractivity contribution in [3.8, 4) is 0 Å². The summed E-state index contributed by atoms with van der Waals surface area (Å²) in [5.41, 5.74) is 4.18. The molecule has 4 heterocycles. The maximum atomic E-state index is 12.6. The normalized spacial score (nSPS) is 20.1. The summed E-state index contributed by atoms with van der Waals surface area (Å²) >= 11 is 0. The summed E-state index contributed by atoms with van der Waals surface area (Å²) in [6, 6.07) is 20.7. The van der Waals surface area contributed by atoms with E-state index in [1.807, 2.05) is 6.92 Å². The van der Waals surface area contributed by atoms with Crippen LogP contribution in [0.2, 0.25) is 0 Å². The molecule has 0 saturated carbocycles. The molecule has 0 spiro atoms. The molecule has 0 amide bonds. The number of hydrogen-bond donors (Lipinski definition) is 2. The van der Waals surface area contributed by atoms with E-state index >= 15 is 0 Å². The van der Waals surface area contributed by atoms with E-state index in [0.29, 0.717) is 6.04 Å². The van der Waals surface area contributed by atoms with Gasteiger partial charge in [-0.15, -0.1) is 0 Å². The zero-order valence-electron chi connectivity index (χ0n) is 46.1. The average Bonchev–Trinajstić information content (AvgIpc) is 3.33. The highest BCUT2D eigenvalue weighted by Gasteiger charge is 2.35. The van der Waals surface area contributed by atoms with Crippen LogP contribution in [0.4, 0.5) is 26.3 Å². The number of allylic oxidation sites excluding steroid dienone is 1. The highest BCUT2D eigenvalue weighted by atomic mass is 19.4.